The number of benzene rings is 4. The SMILES string of the molecule is C=C1/C=C\C(N)=C(/c2ccc(C(C)(C)C)cc2)c2ccc([nH]2)/C(c2ccc(C(C)(C)C)cc2CC(=O)O)=C2/C=CC(N2)/C(c2ccc(C(C)(C)C)cc2)=c2/ccc([nH]2)=C1c1ccc(C(C)(C)C)cc1. The van der Waals surface area contributed by atoms with E-state index in [2.05, 4.69) is 226 Å². The van der Waals surface area contributed by atoms with Crippen LogP contribution in [0.15, 0.2) is 163 Å². The third kappa shape index (κ3) is 10.2. The summed E-state index contributed by atoms with van der Waals surface area (Å²) in [5.74, 6) is -0.889. The van der Waals surface area contributed by atoms with Gasteiger partial charge in [-0.05, 0) is 114 Å². The molecule has 6 nitrogen and oxygen atoms in total. The Labute approximate surface area is 409 Å². The molecule has 2 aliphatic heterocycles. The minimum atomic E-state index is -0.889. The van der Waals surface area contributed by atoms with Crippen molar-refractivity contribution in [2.24, 2.45) is 5.73 Å². The number of hydrogen-bond acceptors (Lipinski definition) is 3. The van der Waals surface area contributed by atoms with Gasteiger partial charge < -0.3 is 26.1 Å². The van der Waals surface area contributed by atoms with Crippen LogP contribution < -0.4 is 21.7 Å². The van der Waals surface area contributed by atoms with Crippen molar-refractivity contribution in [2.45, 2.75) is 117 Å². The molecule has 354 valence electrons. The first-order chi connectivity index (χ1) is 32.4. The lowest BCUT2D eigenvalue weighted by molar-refractivity contribution is -0.136. The Balaban J connectivity index is 1.45. The van der Waals surface area contributed by atoms with Crippen LogP contribution in [0.1, 0.15) is 145 Å². The molecular weight excluding hydrogens is 845 g/mol. The van der Waals surface area contributed by atoms with Gasteiger partial charge in [0.15, 0.2) is 0 Å². The number of fused-ring (bicyclic) bond motifs is 6. The summed E-state index contributed by atoms with van der Waals surface area (Å²) in [6, 6.07) is 40.9. The maximum absolute atomic E-state index is 12.7. The summed E-state index contributed by atoms with van der Waals surface area (Å²) in [5.41, 5.74) is 24.2. The van der Waals surface area contributed by atoms with Crippen molar-refractivity contribution in [2.75, 3.05) is 0 Å². The second-order valence-electron chi connectivity index (χ2n) is 23.0. The van der Waals surface area contributed by atoms with Crippen LogP contribution in [0.3, 0.4) is 0 Å². The van der Waals surface area contributed by atoms with E-state index in [1.54, 1.807) is 0 Å². The number of nitrogens with two attached hydrogens (primary N) is 1. The summed E-state index contributed by atoms with van der Waals surface area (Å²) in [6.45, 7) is 31.2. The van der Waals surface area contributed by atoms with Gasteiger partial charge in [0, 0.05) is 55.8 Å². The van der Waals surface area contributed by atoms with Crippen molar-refractivity contribution < 1.29 is 9.90 Å². The molecule has 1 unspecified atom stereocenters. The summed E-state index contributed by atoms with van der Waals surface area (Å²) in [7, 11) is 0. The van der Waals surface area contributed by atoms with E-state index in [0.717, 1.165) is 89.0 Å². The summed E-state index contributed by atoms with van der Waals surface area (Å²) in [5, 5.41) is 16.3. The highest BCUT2D eigenvalue weighted by molar-refractivity contribution is 5.90. The molecule has 8 rings (SSSR count). The Hall–Kier alpha value is -7.05. The lowest BCUT2D eigenvalue weighted by atomic mass is 9.83. The molecular formula is C63H70N4O2. The highest BCUT2D eigenvalue weighted by Crippen LogP contribution is 2.38. The highest BCUT2D eigenvalue weighted by atomic mass is 16.4. The smallest absolute Gasteiger partial charge is 0.307 e. The van der Waals surface area contributed by atoms with Gasteiger partial charge in [0.05, 0.1) is 12.5 Å². The summed E-state index contributed by atoms with van der Waals surface area (Å²) in [4.78, 5) is 20.4. The average molecular weight is 915 g/mol. The van der Waals surface area contributed by atoms with Gasteiger partial charge in [-0.2, -0.15) is 0 Å². The molecule has 6 heteroatoms. The molecule has 69 heavy (non-hydrogen) atoms. The average Bonchev–Trinajstić information content (AvgIpc) is 4.06. The van der Waals surface area contributed by atoms with Gasteiger partial charge in [0.2, 0.25) is 0 Å². The number of H-pyrrole nitrogens is 2. The zero-order valence-electron chi connectivity index (χ0n) is 42.7. The van der Waals surface area contributed by atoms with Gasteiger partial charge in [0.1, 0.15) is 0 Å². The quantitative estimate of drug-likeness (QED) is 0.115. The highest BCUT2D eigenvalue weighted by Gasteiger charge is 2.28. The standard InChI is InChI=1S/C63H70N4O2/c1-38-14-29-48(64)57(40-17-23-44(24-18-40)61(5,6)7)50-31-34-53(66-50)59(47-28-27-46(63(11,12)13)36-42(47)37-55(68)69)54-35-33-52(67-54)58(41-19-25-45(26-20-41)62(8,9)10)51-32-30-49(65-51)56(38)39-15-21-43(22-16-39)60(2,3)4/h14-36,52,65-67H,1,37,64H2,2-13H3,(H,68,69)/b29-14-,56-49?,57-48-,58-51-,59-54-. The third-order valence-corrected chi connectivity index (χ3v) is 13.6. The molecule has 6 aromatic rings. The number of nitrogens with one attached hydrogen (secondary N) is 3. The Morgan fingerprint density at radius 1 is 0.551 bits per heavy atom. The Morgan fingerprint density at radius 3 is 1.55 bits per heavy atom. The number of rotatable bonds is 6. The van der Waals surface area contributed by atoms with Crippen LogP contribution in [-0.4, -0.2) is 27.1 Å². The van der Waals surface area contributed by atoms with E-state index in [1.165, 1.54) is 16.7 Å². The molecule has 0 spiro atoms. The molecule has 2 aliphatic rings. The van der Waals surface area contributed by atoms with E-state index in [0.29, 0.717) is 5.70 Å². The van der Waals surface area contributed by atoms with Crippen molar-refractivity contribution in [3.8, 4) is 0 Å². The number of carboxylic acid groups (broad SMARTS) is 1. The first-order valence-electron chi connectivity index (χ1n) is 24.2. The van der Waals surface area contributed by atoms with Crippen molar-refractivity contribution in [1.82, 2.24) is 15.3 Å². The van der Waals surface area contributed by atoms with Crippen LogP contribution >= 0.6 is 0 Å². The molecule has 0 amide bonds. The van der Waals surface area contributed by atoms with Gasteiger partial charge in [-0.15, -0.1) is 0 Å². The van der Waals surface area contributed by atoms with Gasteiger partial charge >= 0.3 is 5.97 Å². The summed E-state index contributed by atoms with van der Waals surface area (Å²) in [6.07, 6.45) is 8.22. The monoisotopic (exact) mass is 915 g/mol. The van der Waals surface area contributed by atoms with Crippen LogP contribution in [-0.2, 0) is 32.9 Å². The fraction of sp³-hybridized carbons (Fsp3) is 0.286. The molecule has 2 aromatic heterocycles. The minimum absolute atomic E-state index is 0.00755. The molecule has 0 fully saturated rings. The maximum atomic E-state index is 12.7. The van der Waals surface area contributed by atoms with Crippen LogP contribution in [0.25, 0.3) is 22.3 Å². The number of carboxylic acids is 1. The lowest BCUT2D eigenvalue weighted by Gasteiger charge is -2.23. The van der Waals surface area contributed by atoms with Gasteiger partial charge in [-0.3, -0.25) is 4.79 Å². The molecule has 4 heterocycles. The van der Waals surface area contributed by atoms with E-state index < -0.39 is 5.97 Å². The van der Waals surface area contributed by atoms with E-state index >= 15 is 0 Å². The van der Waals surface area contributed by atoms with Crippen LogP contribution in [0.5, 0.6) is 0 Å². The predicted octanol–water partition coefficient (Wildman–Crippen LogP) is 12.4. The zero-order chi connectivity index (χ0) is 49.8. The molecule has 0 aliphatic carbocycles. The second kappa shape index (κ2) is 18.1. The number of hydrogen-bond donors (Lipinski definition) is 5. The zero-order valence-corrected chi connectivity index (χ0v) is 42.7. The number of carbonyl (C=O) groups is 1. The van der Waals surface area contributed by atoms with Crippen molar-refractivity contribution in [3.63, 3.8) is 0 Å². The van der Waals surface area contributed by atoms with Gasteiger partial charge in [-0.25, -0.2) is 0 Å². The molecule has 6 bridgehead atoms. The molecule has 0 saturated carbocycles. The number of aromatic amines is 2. The summed E-state index contributed by atoms with van der Waals surface area (Å²) < 4.78 is 0. The first kappa shape index (κ1) is 48.4. The normalized spacial score (nSPS) is 19.4. The van der Waals surface area contributed by atoms with Gasteiger partial charge in [-0.1, -0.05) is 193 Å². The van der Waals surface area contributed by atoms with E-state index in [9.17, 15) is 9.90 Å². The fourth-order valence-corrected chi connectivity index (χ4v) is 9.49. The third-order valence-electron chi connectivity index (χ3n) is 13.6. The molecule has 4 aromatic carbocycles. The van der Waals surface area contributed by atoms with Crippen LogP contribution in [0, 0.1) is 0 Å². The first-order valence-corrected chi connectivity index (χ1v) is 24.2. The Morgan fingerprint density at radius 2 is 1.03 bits per heavy atom. The van der Waals surface area contributed by atoms with E-state index in [1.807, 2.05) is 12.2 Å². The number of allylic oxidation sites excluding steroid dienone is 4. The predicted molar refractivity (Wildman–Crippen MR) is 288 cm³/mol. The molecule has 6 N–H and O–H groups in total. The minimum Gasteiger partial charge on any atom is -0.481 e. The van der Waals surface area contributed by atoms with Crippen LogP contribution in [0.2, 0.25) is 0 Å². The fourth-order valence-electron chi connectivity index (χ4n) is 9.49. The Bertz CT molecular complexity index is 3210. The topological polar surface area (TPSA) is 107 Å². The van der Waals surface area contributed by atoms with E-state index in [4.69, 9.17) is 12.3 Å². The summed E-state index contributed by atoms with van der Waals surface area (Å²) >= 11 is 0. The second-order valence-corrected chi connectivity index (χ2v) is 23.0. The molecule has 0 radical (unpaired) electrons. The molecule has 1 atom stereocenters. The largest absolute Gasteiger partial charge is 0.481 e. The van der Waals surface area contributed by atoms with E-state index in [-0.39, 0.29) is 34.1 Å². The van der Waals surface area contributed by atoms with Crippen molar-refractivity contribution in [1.29, 1.82) is 0 Å². The number of aliphatic carboxylic acids is 1. The van der Waals surface area contributed by atoms with Crippen molar-refractivity contribution >= 4 is 28.3 Å². The number of aromatic nitrogens is 2. The Kier molecular flexibility index (Phi) is 12.7. The maximum Gasteiger partial charge on any atom is 0.307 e. The van der Waals surface area contributed by atoms with Crippen LogP contribution in [0.4, 0.5) is 0 Å². The van der Waals surface area contributed by atoms with Gasteiger partial charge in [0.25, 0.3) is 0 Å². The lowest BCUT2D eigenvalue weighted by Crippen LogP contribution is -2.30. The molecule has 0 saturated heterocycles. The van der Waals surface area contributed by atoms with Crippen molar-refractivity contribution in [3.05, 3.63) is 235 Å².